The maximum Gasteiger partial charge on any atom is 0.0622 e. The second-order valence-electron chi connectivity index (χ2n) is 1.61. The maximum atomic E-state index is 3.66. The molecule has 44 valence electrons. The first-order chi connectivity index (χ1) is 3.68. The lowest BCUT2D eigenvalue weighted by Crippen LogP contribution is -1.88. The van der Waals surface area contributed by atoms with E-state index in [-0.39, 0.29) is 0 Å². The number of hydrogen-bond donors (Lipinski definition) is 0. The highest BCUT2D eigenvalue weighted by atomic mass is 15.2. The summed E-state index contributed by atoms with van der Waals surface area (Å²) in [5.74, 6) is 0. The van der Waals surface area contributed by atoms with E-state index in [1.54, 1.807) is 0 Å². The van der Waals surface area contributed by atoms with Crippen molar-refractivity contribution in [1.82, 2.24) is 0 Å². The predicted molar refractivity (Wildman–Crippen MR) is 37.5 cm³/mol. The highest BCUT2D eigenvalue weighted by molar-refractivity contribution is 5.96. The number of rotatable bonds is 2. The van der Waals surface area contributed by atoms with E-state index in [9.17, 15) is 0 Å². The fraction of sp³-hybridized carbons (Fsp3) is 0.333. The minimum Gasteiger partial charge on any atom is -0.167 e. The Morgan fingerprint density at radius 3 is 2.00 bits per heavy atom. The van der Waals surface area contributed by atoms with Crippen LogP contribution in [-0.4, -0.2) is 12.4 Å². The van der Waals surface area contributed by atoms with Crippen LogP contribution in [0, 0.1) is 0 Å². The second kappa shape index (κ2) is 3.13. The van der Waals surface area contributed by atoms with Crippen LogP contribution < -0.4 is 0 Å². The third kappa shape index (κ3) is 2.29. The molecule has 0 fully saturated rings. The Labute approximate surface area is 49.6 Å². The van der Waals surface area contributed by atoms with Gasteiger partial charge < -0.3 is 0 Å². The lowest BCUT2D eigenvalue weighted by atomic mass is 10.2. The fourth-order valence-corrected chi connectivity index (χ4v) is 0.191. The molecule has 0 bridgehead atoms. The maximum absolute atomic E-state index is 3.66. The Morgan fingerprint density at radius 2 is 1.88 bits per heavy atom. The molecular formula is C6H10N2. The van der Waals surface area contributed by atoms with Crippen LogP contribution in [0.15, 0.2) is 22.4 Å². The normalized spacial score (nSPS) is 11.0. The Hall–Kier alpha value is -0.920. The molecule has 2 heteroatoms. The van der Waals surface area contributed by atoms with Gasteiger partial charge in [0.25, 0.3) is 0 Å². The summed E-state index contributed by atoms with van der Waals surface area (Å²) in [4.78, 5) is 0. The Balaban J connectivity index is 3.99. The van der Waals surface area contributed by atoms with E-state index in [1.807, 2.05) is 13.8 Å². The molecule has 8 heavy (non-hydrogen) atoms. The minimum atomic E-state index is 0.833. The molecular weight excluding hydrogens is 100 g/mol. The molecule has 0 aromatic heterocycles. The highest BCUT2D eigenvalue weighted by Crippen LogP contribution is 1.90. The highest BCUT2D eigenvalue weighted by Gasteiger charge is 1.86. The molecule has 2 nitrogen and oxygen atoms in total. The first-order valence-corrected chi connectivity index (χ1v) is 2.34. The standard InChI is InChI=1S/C6H10N2/c1-5(2)6(3)8-7-4/h1,4H2,2-3H3. The van der Waals surface area contributed by atoms with Gasteiger partial charge in [-0.1, -0.05) is 6.58 Å². The van der Waals surface area contributed by atoms with Crippen molar-refractivity contribution in [3.05, 3.63) is 12.2 Å². The summed E-state index contributed by atoms with van der Waals surface area (Å²) < 4.78 is 0. The van der Waals surface area contributed by atoms with Crippen LogP contribution >= 0.6 is 0 Å². The number of nitrogens with zero attached hydrogens (tertiary/aromatic N) is 2. The van der Waals surface area contributed by atoms with Crippen molar-refractivity contribution < 1.29 is 0 Å². The first kappa shape index (κ1) is 7.08. The van der Waals surface area contributed by atoms with Crippen molar-refractivity contribution in [1.29, 1.82) is 0 Å². The first-order valence-electron chi connectivity index (χ1n) is 2.34. The molecule has 0 saturated carbocycles. The molecule has 0 amide bonds. The Kier molecular flexibility index (Phi) is 2.77. The third-order valence-electron chi connectivity index (χ3n) is 0.838. The summed E-state index contributed by atoms with van der Waals surface area (Å²) in [6.45, 7) is 10.6. The van der Waals surface area contributed by atoms with Gasteiger partial charge in [0.05, 0.1) is 5.71 Å². The van der Waals surface area contributed by atoms with Crippen LogP contribution in [0.5, 0.6) is 0 Å². The molecule has 0 unspecified atom stereocenters. The lowest BCUT2D eigenvalue weighted by Gasteiger charge is -1.90. The Bertz CT molecular complexity index is 133. The van der Waals surface area contributed by atoms with E-state index in [0.717, 1.165) is 11.3 Å². The van der Waals surface area contributed by atoms with E-state index in [0.29, 0.717) is 0 Å². The van der Waals surface area contributed by atoms with Crippen LogP contribution in [0.25, 0.3) is 0 Å². The summed E-state index contributed by atoms with van der Waals surface area (Å²) in [6.07, 6.45) is 0. The van der Waals surface area contributed by atoms with Crippen LogP contribution in [0.1, 0.15) is 13.8 Å². The second-order valence-corrected chi connectivity index (χ2v) is 1.61. The quantitative estimate of drug-likeness (QED) is 0.381. The SMILES string of the molecule is C=NN=C(C)C(=C)C. The summed E-state index contributed by atoms with van der Waals surface area (Å²) in [6, 6.07) is 0. The molecule has 0 aliphatic rings. The van der Waals surface area contributed by atoms with E-state index in [4.69, 9.17) is 0 Å². The Morgan fingerprint density at radius 1 is 1.38 bits per heavy atom. The molecule has 0 aliphatic heterocycles. The summed E-state index contributed by atoms with van der Waals surface area (Å²) >= 11 is 0. The van der Waals surface area contributed by atoms with E-state index in [1.165, 1.54) is 0 Å². The molecule has 0 radical (unpaired) electrons. The van der Waals surface area contributed by atoms with Crippen LogP contribution in [0.2, 0.25) is 0 Å². The molecule has 0 saturated heterocycles. The van der Waals surface area contributed by atoms with Crippen molar-refractivity contribution in [2.24, 2.45) is 10.2 Å². The zero-order chi connectivity index (χ0) is 6.57. The van der Waals surface area contributed by atoms with Gasteiger partial charge in [-0.2, -0.15) is 10.2 Å². The third-order valence-corrected chi connectivity index (χ3v) is 0.838. The van der Waals surface area contributed by atoms with Gasteiger partial charge in [0.15, 0.2) is 0 Å². The van der Waals surface area contributed by atoms with E-state index >= 15 is 0 Å². The zero-order valence-corrected chi connectivity index (χ0v) is 5.31. The van der Waals surface area contributed by atoms with Gasteiger partial charge in [-0.3, -0.25) is 0 Å². The summed E-state index contributed by atoms with van der Waals surface area (Å²) in [5.41, 5.74) is 1.76. The van der Waals surface area contributed by atoms with Crippen molar-refractivity contribution in [2.45, 2.75) is 13.8 Å². The van der Waals surface area contributed by atoms with Crippen LogP contribution in [-0.2, 0) is 0 Å². The summed E-state index contributed by atoms with van der Waals surface area (Å²) in [5, 5.41) is 6.99. The van der Waals surface area contributed by atoms with Crippen molar-refractivity contribution in [3.63, 3.8) is 0 Å². The van der Waals surface area contributed by atoms with Gasteiger partial charge >= 0.3 is 0 Å². The molecule has 0 aromatic rings. The fourth-order valence-electron chi connectivity index (χ4n) is 0.191. The minimum absolute atomic E-state index is 0.833. The van der Waals surface area contributed by atoms with E-state index in [2.05, 4.69) is 23.5 Å². The van der Waals surface area contributed by atoms with Crippen molar-refractivity contribution in [3.8, 4) is 0 Å². The van der Waals surface area contributed by atoms with Crippen LogP contribution in [0.4, 0.5) is 0 Å². The molecule has 0 heterocycles. The van der Waals surface area contributed by atoms with Gasteiger partial charge in [0.2, 0.25) is 0 Å². The smallest absolute Gasteiger partial charge is 0.0622 e. The number of allylic oxidation sites excluding steroid dienone is 1. The molecule has 0 atom stereocenters. The monoisotopic (exact) mass is 110 g/mol. The van der Waals surface area contributed by atoms with Gasteiger partial charge in [0, 0.05) is 6.72 Å². The largest absolute Gasteiger partial charge is 0.167 e. The molecule has 0 aliphatic carbocycles. The molecule has 0 spiro atoms. The van der Waals surface area contributed by atoms with Gasteiger partial charge in [-0.15, -0.1) is 0 Å². The van der Waals surface area contributed by atoms with Gasteiger partial charge in [0.1, 0.15) is 0 Å². The van der Waals surface area contributed by atoms with Crippen LogP contribution in [0.3, 0.4) is 0 Å². The molecule has 0 rings (SSSR count). The lowest BCUT2D eigenvalue weighted by molar-refractivity contribution is 1.25. The number of hydrogen-bond acceptors (Lipinski definition) is 2. The molecule has 0 N–H and O–H groups in total. The van der Waals surface area contributed by atoms with Crippen molar-refractivity contribution >= 4 is 12.4 Å². The predicted octanol–water partition coefficient (Wildman–Crippen LogP) is 1.64. The summed E-state index contributed by atoms with van der Waals surface area (Å²) in [7, 11) is 0. The molecule has 0 aromatic carbocycles. The average Bonchev–Trinajstić information content (AvgIpc) is 1.67. The average molecular weight is 110 g/mol. The topological polar surface area (TPSA) is 24.7 Å². The van der Waals surface area contributed by atoms with Crippen molar-refractivity contribution in [2.75, 3.05) is 0 Å². The van der Waals surface area contributed by atoms with Gasteiger partial charge in [-0.05, 0) is 19.4 Å². The van der Waals surface area contributed by atoms with E-state index < -0.39 is 0 Å². The zero-order valence-electron chi connectivity index (χ0n) is 5.31. The van der Waals surface area contributed by atoms with Gasteiger partial charge in [-0.25, -0.2) is 0 Å².